The lowest BCUT2D eigenvalue weighted by molar-refractivity contribution is 0.316. The highest BCUT2D eigenvalue weighted by atomic mass is 79.9. The van der Waals surface area contributed by atoms with Gasteiger partial charge in [-0.05, 0) is 44.3 Å². The highest BCUT2D eigenvalue weighted by Crippen LogP contribution is 2.35. The topological polar surface area (TPSA) is 79.9 Å². The van der Waals surface area contributed by atoms with E-state index in [9.17, 15) is 0 Å². The molecular formula is C12H17Br2N3O2. The van der Waals surface area contributed by atoms with Crippen molar-refractivity contribution < 1.29 is 9.94 Å². The van der Waals surface area contributed by atoms with E-state index in [4.69, 9.17) is 15.7 Å². The van der Waals surface area contributed by atoms with Crippen LogP contribution in [-0.4, -0.2) is 24.2 Å². The molecule has 1 atom stereocenters. The summed E-state index contributed by atoms with van der Waals surface area (Å²) in [5, 5.41) is 15.0. The average molecular weight is 395 g/mol. The molecule has 1 rings (SSSR count). The molecule has 106 valence electrons. The van der Waals surface area contributed by atoms with Crippen molar-refractivity contribution in [3.63, 3.8) is 0 Å². The molecule has 0 aliphatic carbocycles. The van der Waals surface area contributed by atoms with Crippen molar-refractivity contribution in [3.05, 3.63) is 21.1 Å². The number of halogens is 2. The molecule has 1 aromatic carbocycles. The van der Waals surface area contributed by atoms with Crippen LogP contribution in [0, 0.1) is 0 Å². The van der Waals surface area contributed by atoms with E-state index in [1.807, 2.05) is 19.1 Å². The Morgan fingerprint density at radius 3 is 2.68 bits per heavy atom. The first-order valence-electron chi connectivity index (χ1n) is 5.77. The Kier molecular flexibility index (Phi) is 6.44. The molecule has 0 saturated carbocycles. The second-order valence-electron chi connectivity index (χ2n) is 4.01. The monoisotopic (exact) mass is 393 g/mol. The summed E-state index contributed by atoms with van der Waals surface area (Å²) in [6.07, 6.45) is 1.32. The molecule has 5 nitrogen and oxygen atoms in total. The van der Waals surface area contributed by atoms with Crippen LogP contribution in [0.3, 0.4) is 0 Å². The number of benzene rings is 1. The number of nitrogens with zero attached hydrogens (tertiary/aromatic N) is 1. The molecule has 1 unspecified atom stereocenters. The molecule has 0 aliphatic rings. The molecule has 7 heteroatoms. The average Bonchev–Trinajstić information content (AvgIpc) is 2.40. The summed E-state index contributed by atoms with van der Waals surface area (Å²) in [7, 11) is 1.62. The Balaban J connectivity index is 2.90. The van der Waals surface area contributed by atoms with E-state index in [1.54, 1.807) is 7.11 Å². The first-order valence-corrected chi connectivity index (χ1v) is 7.36. The molecular weight excluding hydrogens is 378 g/mol. The highest BCUT2D eigenvalue weighted by molar-refractivity contribution is 9.11. The van der Waals surface area contributed by atoms with Gasteiger partial charge in [0.25, 0.3) is 0 Å². The van der Waals surface area contributed by atoms with Crippen LogP contribution in [0.25, 0.3) is 0 Å². The van der Waals surface area contributed by atoms with E-state index < -0.39 is 0 Å². The number of oxime groups is 1. The number of nitrogens with one attached hydrogen (secondary N) is 1. The third kappa shape index (κ3) is 4.58. The van der Waals surface area contributed by atoms with Gasteiger partial charge < -0.3 is 21.0 Å². The molecule has 4 N–H and O–H groups in total. The predicted molar refractivity (Wildman–Crippen MR) is 84.1 cm³/mol. The summed E-state index contributed by atoms with van der Waals surface area (Å²) in [5.74, 6) is 0.948. The number of ether oxygens (including phenoxy) is 1. The van der Waals surface area contributed by atoms with Crippen molar-refractivity contribution >= 4 is 43.4 Å². The maximum atomic E-state index is 8.62. The van der Waals surface area contributed by atoms with Gasteiger partial charge in [-0.25, -0.2) is 0 Å². The van der Waals surface area contributed by atoms with Crippen molar-refractivity contribution in [2.75, 3.05) is 12.4 Å². The third-order valence-electron chi connectivity index (χ3n) is 2.68. The lowest BCUT2D eigenvalue weighted by atomic mass is 10.1. The van der Waals surface area contributed by atoms with Crippen LogP contribution in [0.5, 0.6) is 5.75 Å². The summed E-state index contributed by atoms with van der Waals surface area (Å²) in [5.41, 5.74) is 6.44. The Morgan fingerprint density at radius 2 is 2.16 bits per heavy atom. The Hall–Kier alpha value is -0.950. The van der Waals surface area contributed by atoms with Gasteiger partial charge in [-0.2, -0.15) is 0 Å². The van der Waals surface area contributed by atoms with Gasteiger partial charge in [0.2, 0.25) is 0 Å². The minimum atomic E-state index is 0.0816. The molecule has 1 aromatic rings. The van der Waals surface area contributed by atoms with Gasteiger partial charge in [-0.15, -0.1) is 0 Å². The van der Waals surface area contributed by atoms with E-state index >= 15 is 0 Å². The number of methoxy groups -OCH3 is 1. The van der Waals surface area contributed by atoms with E-state index in [0.717, 1.165) is 26.8 Å². The number of anilines is 1. The normalized spacial score (nSPS) is 13.2. The fourth-order valence-electron chi connectivity index (χ4n) is 1.61. The van der Waals surface area contributed by atoms with Gasteiger partial charge in [0.15, 0.2) is 0 Å². The number of hydrogen-bond acceptors (Lipinski definition) is 4. The fraction of sp³-hybridized carbons (Fsp3) is 0.417. The van der Waals surface area contributed by atoms with Gasteiger partial charge in [-0.1, -0.05) is 12.1 Å². The Labute approximate surface area is 129 Å². The van der Waals surface area contributed by atoms with Crippen LogP contribution in [0.2, 0.25) is 0 Å². The van der Waals surface area contributed by atoms with Crippen molar-refractivity contribution in [1.29, 1.82) is 0 Å². The smallest absolute Gasteiger partial charge is 0.141 e. The summed E-state index contributed by atoms with van der Waals surface area (Å²) >= 11 is 6.91. The maximum absolute atomic E-state index is 8.62. The molecule has 0 saturated heterocycles. The number of rotatable bonds is 6. The second-order valence-corrected chi connectivity index (χ2v) is 5.72. The summed E-state index contributed by atoms with van der Waals surface area (Å²) in [4.78, 5) is 0. The quantitative estimate of drug-likeness (QED) is 0.298. The predicted octanol–water partition coefficient (Wildman–Crippen LogP) is 3.55. The Morgan fingerprint density at radius 1 is 1.47 bits per heavy atom. The summed E-state index contributed by atoms with van der Waals surface area (Å²) in [6.45, 7) is 2.03. The van der Waals surface area contributed by atoms with Gasteiger partial charge in [0.1, 0.15) is 11.6 Å². The SMILES string of the molecule is CCC(C/C(N)=N/O)Nc1cc(OC)c(Br)cc1Br. The van der Waals surface area contributed by atoms with Gasteiger partial charge >= 0.3 is 0 Å². The third-order valence-corrected chi connectivity index (χ3v) is 3.95. The largest absolute Gasteiger partial charge is 0.495 e. The van der Waals surface area contributed by atoms with E-state index in [-0.39, 0.29) is 11.9 Å². The van der Waals surface area contributed by atoms with Gasteiger partial charge in [0, 0.05) is 23.0 Å². The summed E-state index contributed by atoms with van der Waals surface area (Å²) in [6, 6.07) is 3.89. The van der Waals surface area contributed by atoms with E-state index in [0.29, 0.717) is 6.42 Å². The molecule has 0 aromatic heterocycles. The van der Waals surface area contributed by atoms with E-state index in [2.05, 4.69) is 42.3 Å². The van der Waals surface area contributed by atoms with Crippen molar-refractivity contribution in [3.8, 4) is 5.75 Å². The standard InChI is InChI=1S/C12H17Br2N3O2/c1-3-7(4-12(15)17-18)16-10-6-11(19-2)9(14)5-8(10)13/h5-7,16,18H,3-4H2,1-2H3,(H2,15,17). The fourth-order valence-corrected chi connectivity index (χ4v) is 2.88. The molecule has 0 fully saturated rings. The number of nitrogens with two attached hydrogens (primary N) is 1. The minimum Gasteiger partial charge on any atom is -0.495 e. The highest BCUT2D eigenvalue weighted by Gasteiger charge is 2.13. The first-order chi connectivity index (χ1) is 9.01. The van der Waals surface area contributed by atoms with Crippen LogP contribution in [-0.2, 0) is 0 Å². The van der Waals surface area contributed by atoms with Crippen molar-refractivity contribution in [1.82, 2.24) is 0 Å². The second kappa shape index (κ2) is 7.59. The molecule has 0 amide bonds. The molecule has 0 heterocycles. The van der Waals surface area contributed by atoms with Gasteiger partial charge in [-0.3, -0.25) is 0 Å². The lowest BCUT2D eigenvalue weighted by Crippen LogP contribution is -2.26. The first kappa shape index (κ1) is 16.1. The van der Waals surface area contributed by atoms with E-state index in [1.165, 1.54) is 0 Å². The molecule has 0 spiro atoms. The van der Waals surface area contributed by atoms with Crippen LogP contribution in [0.1, 0.15) is 19.8 Å². The zero-order chi connectivity index (χ0) is 14.4. The maximum Gasteiger partial charge on any atom is 0.141 e. The van der Waals surface area contributed by atoms with Crippen LogP contribution in [0.15, 0.2) is 26.2 Å². The number of amidine groups is 1. The van der Waals surface area contributed by atoms with Crippen molar-refractivity contribution in [2.45, 2.75) is 25.8 Å². The van der Waals surface area contributed by atoms with Crippen LogP contribution in [0.4, 0.5) is 5.69 Å². The summed E-state index contributed by atoms with van der Waals surface area (Å²) < 4.78 is 7.05. The molecule has 0 aliphatic heterocycles. The zero-order valence-corrected chi connectivity index (χ0v) is 14.0. The zero-order valence-electron chi connectivity index (χ0n) is 10.8. The van der Waals surface area contributed by atoms with Gasteiger partial charge in [0.05, 0.1) is 17.3 Å². The molecule has 19 heavy (non-hydrogen) atoms. The van der Waals surface area contributed by atoms with Crippen LogP contribution >= 0.6 is 31.9 Å². The molecule has 0 bridgehead atoms. The molecule has 0 radical (unpaired) electrons. The lowest BCUT2D eigenvalue weighted by Gasteiger charge is -2.19. The van der Waals surface area contributed by atoms with Crippen molar-refractivity contribution in [2.24, 2.45) is 10.9 Å². The van der Waals surface area contributed by atoms with Crippen LogP contribution < -0.4 is 15.8 Å². The minimum absolute atomic E-state index is 0.0816. The Bertz CT molecular complexity index is 467. The number of hydrogen-bond donors (Lipinski definition) is 3.